The minimum atomic E-state index is -0.720. The zero-order valence-corrected chi connectivity index (χ0v) is 12.1. The summed E-state index contributed by atoms with van der Waals surface area (Å²) in [6.07, 6.45) is 1.29. The Labute approximate surface area is 119 Å². The lowest BCUT2D eigenvalue weighted by atomic mass is 9.94. The molecule has 0 bridgehead atoms. The highest BCUT2D eigenvalue weighted by molar-refractivity contribution is 5.54. The maximum absolute atomic E-state index is 10.5. The third kappa shape index (κ3) is 3.52. The number of rotatable bonds is 5. The molecule has 3 N–H and O–H groups in total. The second-order valence-corrected chi connectivity index (χ2v) is 5.19. The molecule has 2 rings (SSSR count). The van der Waals surface area contributed by atoms with E-state index in [0.29, 0.717) is 50.8 Å². The summed E-state index contributed by atoms with van der Waals surface area (Å²) in [5.74, 6) is 1.18. The first-order chi connectivity index (χ1) is 9.54. The van der Waals surface area contributed by atoms with E-state index >= 15 is 0 Å². The van der Waals surface area contributed by atoms with Gasteiger partial charge in [-0.25, -0.2) is 0 Å². The van der Waals surface area contributed by atoms with Crippen LogP contribution in [0.1, 0.15) is 19.8 Å². The topological polar surface area (TPSA) is 80.8 Å². The first kappa shape index (κ1) is 14.9. The third-order valence-electron chi connectivity index (χ3n) is 3.50. The van der Waals surface area contributed by atoms with Crippen molar-refractivity contribution in [3.63, 3.8) is 0 Å². The van der Waals surface area contributed by atoms with Crippen molar-refractivity contribution in [2.24, 2.45) is 0 Å². The van der Waals surface area contributed by atoms with Gasteiger partial charge in [0.2, 0.25) is 5.88 Å². The van der Waals surface area contributed by atoms with Crippen molar-refractivity contribution in [2.75, 3.05) is 44.0 Å². The fourth-order valence-electron chi connectivity index (χ4n) is 2.34. The van der Waals surface area contributed by atoms with Gasteiger partial charge in [0.25, 0.3) is 0 Å². The molecule has 0 saturated carbocycles. The minimum absolute atomic E-state index is 0.441. The molecule has 0 unspecified atom stereocenters. The Bertz CT molecular complexity index is 447. The zero-order chi connectivity index (χ0) is 14.6. The molecule has 1 saturated heterocycles. The van der Waals surface area contributed by atoms with Crippen molar-refractivity contribution < 1.29 is 14.6 Å². The molecule has 1 aliphatic heterocycles. The van der Waals surface area contributed by atoms with E-state index in [4.69, 9.17) is 15.2 Å². The lowest BCUT2D eigenvalue weighted by Gasteiger charge is -2.35. The molecule has 1 aliphatic rings. The lowest BCUT2D eigenvalue weighted by Crippen LogP contribution is -2.46. The van der Waals surface area contributed by atoms with E-state index in [9.17, 15) is 5.11 Å². The van der Waals surface area contributed by atoms with Crippen molar-refractivity contribution in [2.45, 2.75) is 25.4 Å². The molecular weight excluding hydrogens is 258 g/mol. The van der Waals surface area contributed by atoms with E-state index in [0.717, 1.165) is 5.82 Å². The van der Waals surface area contributed by atoms with Gasteiger partial charge in [0.15, 0.2) is 0 Å². The molecule has 20 heavy (non-hydrogen) atoms. The van der Waals surface area contributed by atoms with Gasteiger partial charge >= 0.3 is 0 Å². The number of hydrogen-bond acceptors (Lipinski definition) is 6. The lowest BCUT2D eigenvalue weighted by molar-refractivity contribution is -0.0573. The van der Waals surface area contributed by atoms with E-state index in [1.807, 2.05) is 24.9 Å². The normalized spacial score (nSPS) is 17.8. The van der Waals surface area contributed by atoms with Gasteiger partial charge in [-0.05, 0) is 19.1 Å². The Morgan fingerprint density at radius 2 is 2.15 bits per heavy atom. The summed E-state index contributed by atoms with van der Waals surface area (Å²) < 4.78 is 10.7. The van der Waals surface area contributed by atoms with Gasteiger partial charge in [0.1, 0.15) is 5.82 Å². The van der Waals surface area contributed by atoms with Crippen LogP contribution < -0.4 is 15.4 Å². The summed E-state index contributed by atoms with van der Waals surface area (Å²) in [6, 6.07) is 3.61. The third-order valence-corrected chi connectivity index (χ3v) is 3.50. The number of pyridine rings is 1. The Hall–Kier alpha value is -1.53. The Kier molecular flexibility index (Phi) is 4.67. The molecule has 1 aromatic rings. The number of ether oxygens (including phenoxy) is 2. The van der Waals surface area contributed by atoms with Gasteiger partial charge in [-0.1, -0.05) is 0 Å². The van der Waals surface area contributed by atoms with Gasteiger partial charge in [-0.3, -0.25) is 0 Å². The van der Waals surface area contributed by atoms with Crippen LogP contribution in [0.4, 0.5) is 11.5 Å². The molecule has 1 fully saturated rings. The first-order valence-electron chi connectivity index (χ1n) is 6.95. The van der Waals surface area contributed by atoms with Gasteiger partial charge < -0.3 is 25.2 Å². The van der Waals surface area contributed by atoms with E-state index < -0.39 is 5.60 Å². The summed E-state index contributed by atoms with van der Waals surface area (Å²) in [7, 11) is 1.90. The molecule has 6 nitrogen and oxygen atoms in total. The summed E-state index contributed by atoms with van der Waals surface area (Å²) >= 11 is 0. The quantitative estimate of drug-likeness (QED) is 0.839. The molecule has 0 aliphatic carbocycles. The number of aromatic nitrogens is 1. The van der Waals surface area contributed by atoms with Crippen LogP contribution in [-0.2, 0) is 4.74 Å². The number of nitrogens with zero attached hydrogens (tertiary/aromatic N) is 2. The van der Waals surface area contributed by atoms with Crippen molar-refractivity contribution in [1.29, 1.82) is 0 Å². The smallest absolute Gasteiger partial charge is 0.239 e. The van der Waals surface area contributed by atoms with Crippen molar-refractivity contribution >= 4 is 11.5 Å². The van der Waals surface area contributed by atoms with Crippen LogP contribution in [0, 0.1) is 0 Å². The molecule has 2 heterocycles. The number of anilines is 2. The highest BCUT2D eigenvalue weighted by atomic mass is 16.5. The number of hydrogen-bond donors (Lipinski definition) is 2. The van der Waals surface area contributed by atoms with Gasteiger partial charge in [-0.15, -0.1) is 0 Å². The number of likely N-dealkylation sites (N-methyl/N-ethyl adjacent to an activating group) is 1. The van der Waals surface area contributed by atoms with E-state index in [1.165, 1.54) is 0 Å². The molecule has 0 amide bonds. The second-order valence-electron chi connectivity index (χ2n) is 5.19. The maximum atomic E-state index is 10.5. The van der Waals surface area contributed by atoms with Crippen molar-refractivity contribution in [1.82, 2.24) is 4.98 Å². The predicted octanol–water partition coefficient (Wildman–Crippen LogP) is 1.04. The molecule has 0 aromatic carbocycles. The average Bonchev–Trinajstić information content (AvgIpc) is 2.41. The van der Waals surface area contributed by atoms with Crippen LogP contribution in [0.5, 0.6) is 5.88 Å². The van der Waals surface area contributed by atoms with Crippen LogP contribution in [0.3, 0.4) is 0 Å². The molecular formula is C14H23N3O3. The van der Waals surface area contributed by atoms with Gasteiger partial charge in [0.05, 0.1) is 17.9 Å². The van der Waals surface area contributed by atoms with Gasteiger partial charge in [-0.2, -0.15) is 4.98 Å². The maximum Gasteiger partial charge on any atom is 0.239 e. The highest BCUT2D eigenvalue weighted by Gasteiger charge is 2.31. The van der Waals surface area contributed by atoms with Crippen LogP contribution in [0.2, 0.25) is 0 Å². The summed E-state index contributed by atoms with van der Waals surface area (Å²) in [5.41, 5.74) is 5.62. The molecule has 112 valence electrons. The van der Waals surface area contributed by atoms with Crippen LogP contribution in [-0.4, -0.2) is 49.1 Å². The van der Waals surface area contributed by atoms with E-state index in [-0.39, 0.29) is 0 Å². The summed E-state index contributed by atoms with van der Waals surface area (Å²) in [4.78, 5) is 6.32. The highest BCUT2D eigenvalue weighted by Crippen LogP contribution is 2.26. The molecule has 0 atom stereocenters. The molecule has 1 aromatic heterocycles. The largest absolute Gasteiger partial charge is 0.476 e. The second kappa shape index (κ2) is 6.28. The average molecular weight is 281 g/mol. The number of nitrogen functional groups attached to an aromatic ring is 1. The minimum Gasteiger partial charge on any atom is -0.476 e. The fourth-order valence-corrected chi connectivity index (χ4v) is 2.34. The summed E-state index contributed by atoms with van der Waals surface area (Å²) in [6.45, 7) is 4.13. The van der Waals surface area contributed by atoms with Crippen molar-refractivity contribution in [3.8, 4) is 5.88 Å². The van der Waals surface area contributed by atoms with Crippen LogP contribution in [0.25, 0.3) is 0 Å². The Morgan fingerprint density at radius 3 is 2.80 bits per heavy atom. The van der Waals surface area contributed by atoms with Crippen LogP contribution in [0.15, 0.2) is 12.1 Å². The zero-order valence-electron chi connectivity index (χ0n) is 12.1. The Balaban J connectivity index is 2.08. The predicted molar refractivity (Wildman–Crippen MR) is 78.1 cm³/mol. The first-order valence-corrected chi connectivity index (χ1v) is 6.95. The SMILES string of the molecule is CCOc1nc(N(C)CC2(O)CCOCC2)ccc1N. The van der Waals surface area contributed by atoms with E-state index in [1.54, 1.807) is 6.07 Å². The molecule has 0 radical (unpaired) electrons. The van der Waals surface area contributed by atoms with E-state index in [2.05, 4.69) is 4.98 Å². The van der Waals surface area contributed by atoms with Crippen LogP contribution >= 0.6 is 0 Å². The fraction of sp³-hybridized carbons (Fsp3) is 0.643. The standard InChI is InChI=1S/C14H23N3O3/c1-3-20-13-11(15)4-5-12(16-13)17(2)10-14(18)6-8-19-9-7-14/h4-5,18H,3,6-10,15H2,1-2H3. The summed E-state index contributed by atoms with van der Waals surface area (Å²) in [5, 5.41) is 10.5. The van der Waals surface area contributed by atoms with Gasteiger partial charge in [0, 0.05) is 39.6 Å². The molecule has 0 spiro atoms. The number of nitrogens with two attached hydrogens (primary N) is 1. The monoisotopic (exact) mass is 281 g/mol. The van der Waals surface area contributed by atoms with Crippen molar-refractivity contribution in [3.05, 3.63) is 12.1 Å². The number of aliphatic hydroxyl groups is 1. The Morgan fingerprint density at radius 1 is 1.45 bits per heavy atom. The molecule has 6 heteroatoms.